The topological polar surface area (TPSA) is 37.4 Å². The molecule has 2 bridgehead atoms. The van der Waals surface area contributed by atoms with Crippen LogP contribution in [0.4, 0.5) is 5.69 Å². The third-order valence-electron chi connectivity index (χ3n) is 4.08. The summed E-state index contributed by atoms with van der Waals surface area (Å²) in [6.45, 7) is 9.48. The van der Waals surface area contributed by atoms with Gasteiger partial charge < -0.3 is 15.0 Å². The number of morpholine rings is 1. The second kappa shape index (κ2) is 5.34. The average molecular weight is 275 g/mol. The Labute approximate surface area is 121 Å². The summed E-state index contributed by atoms with van der Waals surface area (Å²) in [5.41, 5.74) is 2.73. The molecular weight excluding hydrogens is 250 g/mol. The van der Waals surface area contributed by atoms with Gasteiger partial charge in [0.25, 0.3) is 0 Å². The first-order chi connectivity index (χ1) is 9.51. The van der Waals surface area contributed by atoms with Gasteiger partial charge in [0.05, 0.1) is 24.1 Å². The molecule has 0 aliphatic carbocycles. The van der Waals surface area contributed by atoms with Gasteiger partial charge in [0.15, 0.2) is 0 Å². The van der Waals surface area contributed by atoms with Crippen LogP contribution in [-0.2, 0) is 11.3 Å². The average Bonchev–Trinajstić information content (AvgIpc) is 2.75. The fraction of sp³-hybridized carbons (Fsp3) is 0.688. The van der Waals surface area contributed by atoms with Gasteiger partial charge in [-0.3, -0.25) is 4.98 Å². The summed E-state index contributed by atoms with van der Waals surface area (Å²) in [4.78, 5) is 6.78. The molecule has 3 heterocycles. The van der Waals surface area contributed by atoms with Gasteiger partial charge in [-0.15, -0.1) is 0 Å². The molecule has 0 aromatic carbocycles. The number of nitrogens with zero attached hydrogens (tertiary/aromatic N) is 2. The van der Waals surface area contributed by atoms with E-state index in [4.69, 9.17) is 4.74 Å². The molecule has 1 aromatic heterocycles. The maximum atomic E-state index is 5.93. The zero-order chi connectivity index (χ0) is 14.2. The first-order valence-corrected chi connectivity index (χ1v) is 7.59. The standard InChI is InChI=1S/C16H25N3O/c1-16(2,3)18-8-12-6-7-17-9-15(12)19-10-13-4-5-14(11-19)20-13/h6-7,9,13-14,18H,4-5,8,10-11H2,1-3H3. The summed E-state index contributed by atoms with van der Waals surface area (Å²) in [7, 11) is 0. The van der Waals surface area contributed by atoms with E-state index in [-0.39, 0.29) is 5.54 Å². The van der Waals surface area contributed by atoms with Crippen molar-refractivity contribution in [1.29, 1.82) is 0 Å². The minimum atomic E-state index is 0.130. The number of anilines is 1. The summed E-state index contributed by atoms with van der Waals surface area (Å²) in [5.74, 6) is 0. The van der Waals surface area contributed by atoms with Crippen LogP contribution >= 0.6 is 0 Å². The van der Waals surface area contributed by atoms with Crippen LogP contribution < -0.4 is 10.2 Å². The van der Waals surface area contributed by atoms with E-state index in [1.54, 1.807) is 0 Å². The third kappa shape index (κ3) is 3.13. The minimum absolute atomic E-state index is 0.130. The second-order valence-corrected chi connectivity index (χ2v) is 6.97. The maximum Gasteiger partial charge on any atom is 0.0755 e. The Morgan fingerprint density at radius 1 is 1.30 bits per heavy atom. The number of nitrogens with one attached hydrogen (secondary N) is 1. The molecule has 20 heavy (non-hydrogen) atoms. The van der Waals surface area contributed by atoms with Crippen molar-refractivity contribution < 1.29 is 4.74 Å². The summed E-state index contributed by atoms with van der Waals surface area (Å²) in [6.07, 6.45) is 7.13. The normalized spacial score (nSPS) is 26.1. The molecule has 0 radical (unpaired) electrons. The monoisotopic (exact) mass is 275 g/mol. The molecule has 2 unspecified atom stereocenters. The first kappa shape index (κ1) is 13.8. The minimum Gasteiger partial charge on any atom is -0.371 e. The molecule has 0 amide bonds. The number of ether oxygens (including phenoxy) is 1. The number of fused-ring (bicyclic) bond motifs is 2. The van der Waals surface area contributed by atoms with E-state index in [0.29, 0.717) is 12.2 Å². The van der Waals surface area contributed by atoms with E-state index >= 15 is 0 Å². The number of pyridine rings is 1. The van der Waals surface area contributed by atoms with Gasteiger partial charge in [0, 0.05) is 31.4 Å². The van der Waals surface area contributed by atoms with Gasteiger partial charge in [-0.05, 0) is 45.2 Å². The lowest BCUT2D eigenvalue weighted by Gasteiger charge is -2.35. The van der Waals surface area contributed by atoms with Gasteiger partial charge in [0.2, 0.25) is 0 Å². The predicted octanol–water partition coefficient (Wildman–Crippen LogP) is 2.34. The third-order valence-corrected chi connectivity index (χ3v) is 4.08. The Hall–Kier alpha value is -1.13. The van der Waals surface area contributed by atoms with Crippen LogP contribution in [0.3, 0.4) is 0 Å². The molecular formula is C16H25N3O. The highest BCUT2D eigenvalue weighted by Gasteiger charge is 2.34. The van der Waals surface area contributed by atoms with E-state index in [1.165, 1.54) is 24.1 Å². The molecule has 2 fully saturated rings. The highest BCUT2D eigenvalue weighted by atomic mass is 16.5. The van der Waals surface area contributed by atoms with Crippen LogP contribution in [0.2, 0.25) is 0 Å². The molecule has 4 heteroatoms. The van der Waals surface area contributed by atoms with Gasteiger partial charge in [0.1, 0.15) is 0 Å². The van der Waals surface area contributed by atoms with Gasteiger partial charge in [-0.25, -0.2) is 0 Å². The Morgan fingerprint density at radius 2 is 2.00 bits per heavy atom. The summed E-state index contributed by atoms with van der Waals surface area (Å²) >= 11 is 0. The predicted molar refractivity (Wildman–Crippen MR) is 80.9 cm³/mol. The zero-order valence-electron chi connectivity index (χ0n) is 12.7. The van der Waals surface area contributed by atoms with Crippen LogP contribution in [0.15, 0.2) is 18.5 Å². The second-order valence-electron chi connectivity index (χ2n) is 6.97. The Morgan fingerprint density at radius 3 is 2.65 bits per heavy atom. The van der Waals surface area contributed by atoms with Crippen molar-refractivity contribution in [2.75, 3.05) is 18.0 Å². The molecule has 2 aliphatic heterocycles. The first-order valence-electron chi connectivity index (χ1n) is 7.59. The van der Waals surface area contributed by atoms with Crippen molar-refractivity contribution in [3.63, 3.8) is 0 Å². The Balaban J connectivity index is 1.75. The highest BCUT2D eigenvalue weighted by Crippen LogP contribution is 2.31. The highest BCUT2D eigenvalue weighted by molar-refractivity contribution is 5.52. The molecule has 0 spiro atoms. The maximum absolute atomic E-state index is 5.93. The quantitative estimate of drug-likeness (QED) is 0.919. The largest absolute Gasteiger partial charge is 0.371 e. The van der Waals surface area contributed by atoms with Crippen molar-refractivity contribution in [2.45, 2.75) is 57.9 Å². The van der Waals surface area contributed by atoms with Crippen molar-refractivity contribution in [1.82, 2.24) is 10.3 Å². The number of hydrogen-bond donors (Lipinski definition) is 1. The molecule has 4 nitrogen and oxygen atoms in total. The van der Waals surface area contributed by atoms with Crippen LogP contribution in [0.1, 0.15) is 39.2 Å². The molecule has 2 atom stereocenters. The molecule has 3 rings (SSSR count). The fourth-order valence-corrected chi connectivity index (χ4v) is 3.02. The Kier molecular flexibility index (Phi) is 3.69. The summed E-state index contributed by atoms with van der Waals surface area (Å²) in [5, 5.41) is 3.57. The van der Waals surface area contributed by atoms with Crippen molar-refractivity contribution >= 4 is 5.69 Å². The van der Waals surface area contributed by atoms with Crippen LogP contribution in [0, 0.1) is 0 Å². The van der Waals surface area contributed by atoms with E-state index in [1.807, 2.05) is 12.4 Å². The SMILES string of the molecule is CC(C)(C)NCc1ccncc1N1CC2CCC(C1)O2. The van der Waals surface area contributed by atoms with Crippen LogP contribution in [0.25, 0.3) is 0 Å². The van der Waals surface area contributed by atoms with Crippen LogP contribution in [-0.4, -0.2) is 35.8 Å². The molecule has 2 aliphatic rings. The summed E-state index contributed by atoms with van der Waals surface area (Å²) < 4.78 is 5.93. The molecule has 0 saturated carbocycles. The van der Waals surface area contributed by atoms with E-state index < -0.39 is 0 Å². The van der Waals surface area contributed by atoms with Gasteiger partial charge in [-0.1, -0.05) is 0 Å². The summed E-state index contributed by atoms with van der Waals surface area (Å²) in [6, 6.07) is 2.13. The zero-order valence-corrected chi connectivity index (χ0v) is 12.7. The number of aromatic nitrogens is 1. The fourth-order valence-electron chi connectivity index (χ4n) is 3.02. The molecule has 110 valence electrons. The molecule has 1 N–H and O–H groups in total. The van der Waals surface area contributed by atoms with E-state index in [2.05, 4.69) is 42.0 Å². The lowest BCUT2D eigenvalue weighted by molar-refractivity contribution is 0.0304. The Bertz CT molecular complexity index is 457. The van der Waals surface area contributed by atoms with Gasteiger partial charge >= 0.3 is 0 Å². The lowest BCUT2D eigenvalue weighted by atomic mass is 10.1. The van der Waals surface area contributed by atoms with Crippen LogP contribution in [0.5, 0.6) is 0 Å². The number of hydrogen-bond acceptors (Lipinski definition) is 4. The number of rotatable bonds is 3. The van der Waals surface area contributed by atoms with Gasteiger partial charge in [-0.2, -0.15) is 0 Å². The van der Waals surface area contributed by atoms with E-state index in [0.717, 1.165) is 19.6 Å². The van der Waals surface area contributed by atoms with Crippen molar-refractivity contribution in [3.05, 3.63) is 24.0 Å². The van der Waals surface area contributed by atoms with Crippen molar-refractivity contribution in [3.8, 4) is 0 Å². The molecule has 2 saturated heterocycles. The smallest absolute Gasteiger partial charge is 0.0755 e. The van der Waals surface area contributed by atoms with E-state index in [9.17, 15) is 0 Å². The lowest BCUT2D eigenvalue weighted by Crippen LogP contribution is -2.43. The molecule has 1 aromatic rings. The van der Waals surface area contributed by atoms with Crippen molar-refractivity contribution in [2.24, 2.45) is 0 Å².